The molecular formula is C13H18N4. The molecule has 0 spiro atoms. The monoisotopic (exact) mass is 230 g/mol. The van der Waals surface area contributed by atoms with E-state index in [1.807, 2.05) is 24.4 Å². The van der Waals surface area contributed by atoms with Crippen LogP contribution < -0.4 is 5.32 Å². The first-order valence-electron chi connectivity index (χ1n) is 6.09. The summed E-state index contributed by atoms with van der Waals surface area (Å²) in [6.07, 6.45) is 3.87. The Morgan fingerprint density at radius 2 is 2.18 bits per heavy atom. The minimum absolute atomic E-state index is 0.868. The highest BCUT2D eigenvalue weighted by atomic mass is 15.0. The van der Waals surface area contributed by atoms with E-state index >= 15 is 0 Å². The second kappa shape index (κ2) is 5.48. The van der Waals surface area contributed by atoms with Crippen molar-refractivity contribution in [3.63, 3.8) is 0 Å². The molecule has 0 bridgehead atoms. The summed E-state index contributed by atoms with van der Waals surface area (Å²) in [6.45, 7) is 5.07. The number of H-pyrrole nitrogens is 1. The van der Waals surface area contributed by atoms with E-state index in [1.54, 1.807) is 0 Å². The summed E-state index contributed by atoms with van der Waals surface area (Å²) in [5.41, 5.74) is 1.98. The molecule has 2 aromatic heterocycles. The van der Waals surface area contributed by atoms with Crippen molar-refractivity contribution >= 4 is 5.82 Å². The van der Waals surface area contributed by atoms with E-state index in [2.05, 4.69) is 34.1 Å². The SMILES string of the molecule is CCCc1nc(NCC)cc(-c2ccc[nH]2)n1. The Balaban J connectivity index is 2.37. The minimum atomic E-state index is 0.868. The number of hydrogen-bond donors (Lipinski definition) is 2. The van der Waals surface area contributed by atoms with Gasteiger partial charge < -0.3 is 10.3 Å². The van der Waals surface area contributed by atoms with Crippen LogP contribution in [0.4, 0.5) is 5.82 Å². The number of nitrogens with zero attached hydrogens (tertiary/aromatic N) is 2. The maximum absolute atomic E-state index is 4.57. The van der Waals surface area contributed by atoms with Crippen LogP contribution in [0.2, 0.25) is 0 Å². The zero-order valence-electron chi connectivity index (χ0n) is 10.3. The topological polar surface area (TPSA) is 53.6 Å². The van der Waals surface area contributed by atoms with Crippen LogP contribution in [0.15, 0.2) is 24.4 Å². The molecule has 2 heterocycles. The van der Waals surface area contributed by atoms with Crippen molar-refractivity contribution in [1.82, 2.24) is 15.0 Å². The summed E-state index contributed by atoms with van der Waals surface area (Å²) >= 11 is 0. The summed E-state index contributed by atoms with van der Waals surface area (Å²) in [7, 11) is 0. The van der Waals surface area contributed by atoms with Gasteiger partial charge in [0.25, 0.3) is 0 Å². The maximum atomic E-state index is 4.57. The van der Waals surface area contributed by atoms with Gasteiger partial charge in [-0.3, -0.25) is 0 Å². The molecular weight excluding hydrogens is 212 g/mol. The van der Waals surface area contributed by atoms with E-state index in [-0.39, 0.29) is 0 Å². The lowest BCUT2D eigenvalue weighted by molar-refractivity contribution is 0.836. The smallest absolute Gasteiger partial charge is 0.131 e. The zero-order valence-corrected chi connectivity index (χ0v) is 10.3. The molecule has 2 N–H and O–H groups in total. The van der Waals surface area contributed by atoms with Crippen LogP contribution in [-0.2, 0) is 6.42 Å². The Morgan fingerprint density at radius 1 is 1.29 bits per heavy atom. The summed E-state index contributed by atoms with van der Waals surface area (Å²) in [5, 5.41) is 3.24. The molecule has 4 nitrogen and oxygen atoms in total. The second-order valence-electron chi connectivity index (χ2n) is 3.92. The van der Waals surface area contributed by atoms with Crippen molar-refractivity contribution in [3.05, 3.63) is 30.2 Å². The lowest BCUT2D eigenvalue weighted by atomic mass is 10.2. The maximum Gasteiger partial charge on any atom is 0.131 e. The second-order valence-corrected chi connectivity index (χ2v) is 3.92. The number of anilines is 1. The first-order chi connectivity index (χ1) is 8.33. The molecule has 90 valence electrons. The Kier molecular flexibility index (Phi) is 3.75. The minimum Gasteiger partial charge on any atom is -0.370 e. The Hall–Kier alpha value is -1.84. The molecule has 17 heavy (non-hydrogen) atoms. The van der Waals surface area contributed by atoms with E-state index in [1.165, 1.54) is 0 Å². The highest BCUT2D eigenvalue weighted by Gasteiger charge is 2.06. The van der Waals surface area contributed by atoms with Gasteiger partial charge in [0.15, 0.2) is 0 Å². The van der Waals surface area contributed by atoms with Crippen LogP contribution in [0.25, 0.3) is 11.4 Å². The summed E-state index contributed by atoms with van der Waals surface area (Å²) in [4.78, 5) is 12.2. The molecule has 0 aromatic carbocycles. The Labute approximate surface area is 102 Å². The van der Waals surface area contributed by atoms with E-state index in [4.69, 9.17) is 0 Å². The number of aromatic nitrogens is 3. The van der Waals surface area contributed by atoms with Crippen molar-refractivity contribution in [3.8, 4) is 11.4 Å². The highest BCUT2D eigenvalue weighted by molar-refractivity contribution is 5.58. The Bertz CT molecular complexity index is 438. The third-order valence-electron chi connectivity index (χ3n) is 2.48. The average Bonchev–Trinajstić information content (AvgIpc) is 2.83. The first-order valence-corrected chi connectivity index (χ1v) is 6.09. The predicted octanol–water partition coefficient (Wildman–Crippen LogP) is 2.86. The third kappa shape index (κ3) is 2.84. The van der Waals surface area contributed by atoms with Gasteiger partial charge in [-0.25, -0.2) is 9.97 Å². The largest absolute Gasteiger partial charge is 0.370 e. The normalized spacial score (nSPS) is 10.5. The van der Waals surface area contributed by atoms with Gasteiger partial charge in [-0.15, -0.1) is 0 Å². The lowest BCUT2D eigenvalue weighted by Gasteiger charge is -2.07. The molecule has 0 aliphatic heterocycles. The summed E-state index contributed by atoms with van der Waals surface area (Å²) < 4.78 is 0. The average molecular weight is 230 g/mol. The van der Waals surface area contributed by atoms with Gasteiger partial charge in [0.05, 0.1) is 11.4 Å². The van der Waals surface area contributed by atoms with Crippen molar-refractivity contribution in [1.29, 1.82) is 0 Å². The van der Waals surface area contributed by atoms with Gasteiger partial charge in [0.1, 0.15) is 11.6 Å². The van der Waals surface area contributed by atoms with Gasteiger partial charge in [0, 0.05) is 25.2 Å². The molecule has 2 aromatic rings. The fourth-order valence-corrected chi connectivity index (χ4v) is 1.73. The standard InChI is InChI=1S/C13H18N4/c1-3-6-12-16-11(10-7-5-8-15-10)9-13(17-12)14-4-2/h5,7-9,15H,3-4,6H2,1-2H3,(H,14,16,17). The molecule has 0 amide bonds. The van der Waals surface area contributed by atoms with E-state index in [9.17, 15) is 0 Å². The Morgan fingerprint density at radius 3 is 2.82 bits per heavy atom. The quantitative estimate of drug-likeness (QED) is 0.830. The lowest BCUT2D eigenvalue weighted by Crippen LogP contribution is -2.04. The molecule has 0 aliphatic carbocycles. The number of hydrogen-bond acceptors (Lipinski definition) is 3. The van der Waals surface area contributed by atoms with Gasteiger partial charge in [0.2, 0.25) is 0 Å². The molecule has 0 atom stereocenters. The van der Waals surface area contributed by atoms with Crippen LogP contribution in [0, 0.1) is 0 Å². The van der Waals surface area contributed by atoms with E-state index < -0.39 is 0 Å². The van der Waals surface area contributed by atoms with Gasteiger partial charge in [-0.05, 0) is 25.5 Å². The van der Waals surface area contributed by atoms with Gasteiger partial charge >= 0.3 is 0 Å². The number of aryl methyl sites for hydroxylation is 1. The van der Waals surface area contributed by atoms with Crippen molar-refractivity contribution < 1.29 is 0 Å². The fourth-order valence-electron chi connectivity index (χ4n) is 1.73. The van der Waals surface area contributed by atoms with Crippen molar-refractivity contribution in [2.45, 2.75) is 26.7 Å². The van der Waals surface area contributed by atoms with Crippen LogP contribution in [-0.4, -0.2) is 21.5 Å². The first kappa shape index (κ1) is 11.6. The fraction of sp³-hybridized carbons (Fsp3) is 0.385. The molecule has 0 fully saturated rings. The van der Waals surface area contributed by atoms with Crippen LogP contribution >= 0.6 is 0 Å². The van der Waals surface area contributed by atoms with Crippen molar-refractivity contribution in [2.75, 3.05) is 11.9 Å². The number of nitrogens with one attached hydrogen (secondary N) is 2. The molecule has 2 rings (SSSR count). The molecule has 0 saturated carbocycles. The summed E-state index contributed by atoms with van der Waals surface area (Å²) in [5.74, 6) is 1.80. The number of aromatic amines is 1. The highest BCUT2D eigenvalue weighted by Crippen LogP contribution is 2.18. The van der Waals surface area contributed by atoms with Crippen LogP contribution in [0.5, 0.6) is 0 Å². The molecule has 0 radical (unpaired) electrons. The summed E-state index contributed by atoms with van der Waals surface area (Å²) in [6, 6.07) is 5.98. The molecule has 0 unspecified atom stereocenters. The van der Waals surface area contributed by atoms with Crippen LogP contribution in [0.3, 0.4) is 0 Å². The van der Waals surface area contributed by atoms with E-state index in [0.29, 0.717) is 0 Å². The molecule has 0 aliphatic rings. The zero-order chi connectivity index (χ0) is 12.1. The predicted molar refractivity (Wildman–Crippen MR) is 70.0 cm³/mol. The van der Waals surface area contributed by atoms with E-state index in [0.717, 1.165) is 42.4 Å². The van der Waals surface area contributed by atoms with Crippen molar-refractivity contribution in [2.24, 2.45) is 0 Å². The third-order valence-corrected chi connectivity index (χ3v) is 2.48. The van der Waals surface area contributed by atoms with Gasteiger partial charge in [-0.2, -0.15) is 0 Å². The number of rotatable bonds is 5. The molecule has 0 saturated heterocycles. The molecule has 4 heteroatoms. The van der Waals surface area contributed by atoms with Gasteiger partial charge in [-0.1, -0.05) is 6.92 Å². The van der Waals surface area contributed by atoms with Crippen LogP contribution in [0.1, 0.15) is 26.1 Å².